The molecule has 1 N–H and O–H groups in total. The Morgan fingerprint density at radius 3 is 3.17 bits per heavy atom. The fraction of sp³-hybridized carbons (Fsp3) is 1.00. The van der Waals surface area contributed by atoms with E-state index in [0.717, 1.165) is 25.8 Å². The van der Waals surface area contributed by atoms with Gasteiger partial charge in [-0.15, -0.1) is 0 Å². The minimum Gasteiger partial charge on any atom is -0.380 e. The van der Waals surface area contributed by atoms with Crippen LogP contribution in [0.3, 0.4) is 0 Å². The van der Waals surface area contributed by atoms with Gasteiger partial charge in [0, 0.05) is 24.9 Å². The Labute approximate surface area is 79.4 Å². The lowest BCUT2D eigenvalue weighted by atomic mass is 10.2. The highest BCUT2D eigenvalue weighted by Crippen LogP contribution is 2.16. The topological polar surface area (TPSA) is 21.3 Å². The van der Waals surface area contributed by atoms with E-state index >= 15 is 0 Å². The third kappa shape index (κ3) is 4.33. The standard InChI is InChI=1S/C9H19NOS/c1-2-11-6-5-10-9-4-3-7-12-8-9/h9-10H,2-8H2,1H3/t9-/m1/s1. The summed E-state index contributed by atoms with van der Waals surface area (Å²) in [7, 11) is 0. The maximum absolute atomic E-state index is 5.26. The third-order valence-electron chi connectivity index (χ3n) is 2.04. The van der Waals surface area contributed by atoms with Crippen LogP contribution in [0.25, 0.3) is 0 Å². The Balaban J connectivity index is 1.91. The van der Waals surface area contributed by atoms with E-state index < -0.39 is 0 Å². The van der Waals surface area contributed by atoms with Gasteiger partial charge in [0.25, 0.3) is 0 Å². The predicted molar refractivity (Wildman–Crippen MR) is 54.8 cm³/mol. The molecule has 0 unspecified atom stereocenters. The maximum Gasteiger partial charge on any atom is 0.0590 e. The van der Waals surface area contributed by atoms with E-state index in [1.807, 2.05) is 6.92 Å². The van der Waals surface area contributed by atoms with Gasteiger partial charge in [-0.25, -0.2) is 0 Å². The summed E-state index contributed by atoms with van der Waals surface area (Å²) in [5, 5.41) is 3.51. The van der Waals surface area contributed by atoms with Gasteiger partial charge in [-0.1, -0.05) is 0 Å². The molecule has 0 bridgehead atoms. The van der Waals surface area contributed by atoms with Crippen LogP contribution in [-0.2, 0) is 4.74 Å². The van der Waals surface area contributed by atoms with Gasteiger partial charge in [0.05, 0.1) is 6.61 Å². The second-order valence-corrected chi connectivity index (χ2v) is 4.21. The summed E-state index contributed by atoms with van der Waals surface area (Å²) in [4.78, 5) is 0. The molecule has 0 aromatic heterocycles. The Hall–Kier alpha value is 0.270. The van der Waals surface area contributed by atoms with Crippen LogP contribution in [0.2, 0.25) is 0 Å². The van der Waals surface area contributed by atoms with Crippen molar-refractivity contribution in [1.29, 1.82) is 0 Å². The molecule has 1 saturated heterocycles. The molecule has 0 radical (unpaired) electrons. The van der Waals surface area contributed by atoms with Crippen molar-refractivity contribution >= 4 is 11.8 Å². The van der Waals surface area contributed by atoms with Crippen LogP contribution in [0.4, 0.5) is 0 Å². The summed E-state index contributed by atoms with van der Waals surface area (Å²) in [5.74, 6) is 2.63. The Morgan fingerprint density at radius 1 is 1.58 bits per heavy atom. The highest BCUT2D eigenvalue weighted by molar-refractivity contribution is 7.99. The van der Waals surface area contributed by atoms with Gasteiger partial charge in [0.1, 0.15) is 0 Å². The van der Waals surface area contributed by atoms with Crippen molar-refractivity contribution in [2.75, 3.05) is 31.3 Å². The fourth-order valence-corrected chi connectivity index (χ4v) is 2.49. The van der Waals surface area contributed by atoms with E-state index in [0.29, 0.717) is 0 Å². The second kappa shape index (κ2) is 6.75. The van der Waals surface area contributed by atoms with Gasteiger partial charge in [-0.2, -0.15) is 11.8 Å². The molecular weight excluding hydrogens is 170 g/mol. The summed E-state index contributed by atoms with van der Waals surface area (Å²) < 4.78 is 5.26. The zero-order chi connectivity index (χ0) is 8.65. The normalized spacial score (nSPS) is 24.2. The lowest BCUT2D eigenvalue weighted by molar-refractivity contribution is 0.147. The largest absolute Gasteiger partial charge is 0.380 e. The van der Waals surface area contributed by atoms with Crippen LogP contribution in [0, 0.1) is 0 Å². The molecule has 0 saturated carbocycles. The van der Waals surface area contributed by atoms with Crippen molar-refractivity contribution < 1.29 is 4.74 Å². The van der Waals surface area contributed by atoms with Gasteiger partial charge in [-0.3, -0.25) is 0 Å². The Kier molecular flexibility index (Phi) is 5.82. The van der Waals surface area contributed by atoms with Gasteiger partial charge in [-0.05, 0) is 25.5 Å². The summed E-state index contributed by atoms with van der Waals surface area (Å²) >= 11 is 2.06. The Morgan fingerprint density at radius 2 is 2.50 bits per heavy atom. The van der Waals surface area contributed by atoms with Crippen molar-refractivity contribution in [3.05, 3.63) is 0 Å². The minimum absolute atomic E-state index is 0.740. The quantitative estimate of drug-likeness (QED) is 0.662. The van der Waals surface area contributed by atoms with Crippen LogP contribution in [0.15, 0.2) is 0 Å². The molecule has 0 aromatic rings. The Bertz CT molecular complexity index is 105. The molecule has 0 amide bonds. The lowest BCUT2D eigenvalue weighted by Gasteiger charge is -2.22. The zero-order valence-corrected chi connectivity index (χ0v) is 8.66. The van der Waals surface area contributed by atoms with Crippen molar-refractivity contribution in [2.45, 2.75) is 25.8 Å². The molecule has 1 aliphatic heterocycles. The van der Waals surface area contributed by atoms with Crippen LogP contribution < -0.4 is 5.32 Å². The molecule has 3 heteroatoms. The predicted octanol–water partition coefficient (Wildman–Crippen LogP) is 1.51. The second-order valence-electron chi connectivity index (χ2n) is 3.07. The van der Waals surface area contributed by atoms with Gasteiger partial charge in [0.2, 0.25) is 0 Å². The SMILES string of the molecule is CCOCCN[C@@H]1CCCSC1. The number of thioether (sulfide) groups is 1. The average Bonchev–Trinajstić information content (AvgIpc) is 2.14. The minimum atomic E-state index is 0.740. The fourth-order valence-electron chi connectivity index (χ4n) is 1.38. The molecule has 1 aliphatic rings. The summed E-state index contributed by atoms with van der Waals surface area (Å²) in [6.07, 6.45) is 2.72. The number of rotatable bonds is 5. The van der Waals surface area contributed by atoms with Crippen molar-refractivity contribution in [3.63, 3.8) is 0 Å². The van der Waals surface area contributed by atoms with Gasteiger partial charge >= 0.3 is 0 Å². The molecule has 1 heterocycles. The molecule has 0 spiro atoms. The number of hydrogen-bond acceptors (Lipinski definition) is 3. The van der Waals surface area contributed by atoms with Crippen molar-refractivity contribution in [1.82, 2.24) is 5.32 Å². The molecule has 0 aliphatic carbocycles. The summed E-state index contributed by atoms with van der Waals surface area (Å²) in [6, 6.07) is 0.740. The highest BCUT2D eigenvalue weighted by Gasteiger charge is 2.11. The van der Waals surface area contributed by atoms with Crippen LogP contribution >= 0.6 is 11.8 Å². The van der Waals surface area contributed by atoms with Gasteiger partial charge in [0.15, 0.2) is 0 Å². The summed E-state index contributed by atoms with van der Waals surface area (Å²) in [6.45, 7) is 4.74. The van der Waals surface area contributed by atoms with Crippen molar-refractivity contribution in [2.24, 2.45) is 0 Å². The molecule has 2 nitrogen and oxygen atoms in total. The molecule has 1 atom stereocenters. The van der Waals surface area contributed by atoms with E-state index in [2.05, 4.69) is 17.1 Å². The van der Waals surface area contributed by atoms with E-state index in [1.54, 1.807) is 0 Å². The monoisotopic (exact) mass is 189 g/mol. The van der Waals surface area contributed by atoms with E-state index in [1.165, 1.54) is 24.3 Å². The average molecular weight is 189 g/mol. The number of ether oxygens (including phenoxy) is 1. The molecule has 0 aromatic carbocycles. The molecule has 1 rings (SSSR count). The smallest absolute Gasteiger partial charge is 0.0590 e. The third-order valence-corrected chi connectivity index (χ3v) is 3.26. The zero-order valence-electron chi connectivity index (χ0n) is 7.84. The lowest BCUT2D eigenvalue weighted by Crippen LogP contribution is -2.35. The van der Waals surface area contributed by atoms with E-state index in [4.69, 9.17) is 4.74 Å². The van der Waals surface area contributed by atoms with Crippen LogP contribution in [0.5, 0.6) is 0 Å². The van der Waals surface area contributed by atoms with E-state index in [9.17, 15) is 0 Å². The molecule has 12 heavy (non-hydrogen) atoms. The first-order valence-corrected chi connectivity index (χ1v) is 5.98. The first-order chi connectivity index (χ1) is 5.93. The van der Waals surface area contributed by atoms with Crippen LogP contribution in [-0.4, -0.2) is 37.3 Å². The summed E-state index contributed by atoms with van der Waals surface area (Å²) in [5.41, 5.74) is 0. The molecule has 1 fully saturated rings. The van der Waals surface area contributed by atoms with Crippen molar-refractivity contribution in [3.8, 4) is 0 Å². The van der Waals surface area contributed by atoms with Crippen LogP contribution in [0.1, 0.15) is 19.8 Å². The van der Waals surface area contributed by atoms with E-state index in [-0.39, 0.29) is 0 Å². The molecule has 72 valence electrons. The first kappa shape index (κ1) is 10.4. The maximum atomic E-state index is 5.26. The number of nitrogens with one attached hydrogen (secondary N) is 1. The first-order valence-electron chi connectivity index (χ1n) is 4.82. The van der Waals surface area contributed by atoms with Gasteiger partial charge < -0.3 is 10.1 Å². The highest BCUT2D eigenvalue weighted by atomic mass is 32.2. The number of hydrogen-bond donors (Lipinski definition) is 1. The molecular formula is C9H19NOS.